The Labute approximate surface area is 98.5 Å². The van der Waals surface area contributed by atoms with Crippen LogP contribution in [0.15, 0.2) is 15.8 Å². The molecule has 92 valence electrons. The zero-order valence-corrected chi connectivity index (χ0v) is 10.3. The van der Waals surface area contributed by atoms with Crippen LogP contribution in [-0.2, 0) is 9.31 Å². The number of hydrogen-bond acceptors (Lipinski definition) is 4. The second-order valence-corrected chi connectivity index (χ2v) is 5.12. The predicted molar refractivity (Wildman–Crippen MR) is 63.4 cm³/mol. The third kappa shape index (κ3) is 1.96. The summed E-state index contributed by atoms with van der Waals surface area (Å²) in [5.41, 5.74) is -1.80. The van der Waals surface area contributed by atoms with Crippen LogP contribution in [0.25, 0.3) is 0 Å². The fraction of sp³-hybridized carbons (Fsp3) is 0.600. The van der Waals surface area contributed by atoms with Crippen molar-refractivity contribution in [3.05, 3.63) is 27.0 Å². The van der Waals surface area contributed by atoms with Gasteiger partial charge < -0.3 is 14.3 Å². The molecule has 1 aliphatic rings. The lowest BCUT2D eigenvalue weighted by Crippen LogP contribution is -2.47. The zero-order chi connectivity index (χ0) is 12.8. The van der Waals surface area contributed by atoms with E-state index in [0.29, 0.717) is 0 Å². The summed E-state index contributed by atoms with van der Waals surface area (Å²) in [6, 6.07) is 0. The minimum Gasteiger partial charge on any atom is -0.399 e. The number of H-pyrrole nitrogens is 2. The van der Waals surface area contributed by atoms with Gasteiger partial charge in [0.2, 0.25) is 0 Å². The molecule has 0 spiro atoms. The lowest BCUT2D eigenvalue weighted by atomic mass is 9.81. The Morgan fingerprint density at radius 2 is 1.65 bits per heavy atom. The smallest absolute Gasteiger partial charge is 0.399 e. The van der Waals surface area contributed by atoms with Gasteiger partial charge in [-0.15, -0.1) is 0 Å². The van der Waals surface area contributed by atoms with Crippen molar-refractivity contribution in [2.75, 3.05) is 0 Å². The first-order valence-corrected chi connectivity index (χ1v) is 5.40. The first kappa shape index (κ1) is 12.1. The molecule has 0 bridgehead atoms. The second kappa shape index (κ2) is 3.58. The summed E-state index contributed by atoms with van der Waals surface area (Å²) in [4.78, 5) is 27.1. The van der Waals surface area contributed by atoms with Crippen molar-refractivity contribution in [1.82, 2.24) is 9.97 Å². The van der Waals surface area contributed by atoms with Gasteiger partial charge in [0.15, 0.2) is 0 Å². The van der Waals surface area contributed by atoms with Crippen LogP contribution < -0.4 is 16.7 Å². The van der Waals surface area contributed by atoms with Gasteiger partial charge in [0.1, 0.15) is 0 Å². The van der Waals surface area contributed by atoms with Crippen LogP contribution in [0.3, 0.4) is 0 Å². The van der Waals surface area contributed by atoms with Crippen molar-refractivity contribution < 1.29 is 9.31 Å². The highest BCUT2D eigenvalue weighted by Crippen LogP contribution is 2.36. The van der Waals surface area contributed by atoms with E-state index in [2.05, 4.69) is 9.97 Å². The number of hydrogen-bond donors (Lipinski definition) is 2. The Morgan fingerprint density at radius 3 is 2.12 bits per heavy atom. The topological polar surface area (TPSA) is 84.2 Å². The van der Waals surface area contributed by atoms with E-state index >= 15 is 0 Å². The van der Waals surface area contributed by atoms with Gasteiger partial charge in [-0.1, -0.05) is 0 Å². The summed E-state index contributed by atoms with van der Waals surface area (Å²) in [5, 5.41) is 0. The quantitative estimate of drug-likeness (QED) is 0.637. The minimum absolute atomic E-state index is 0.267. The molecule has 0 saturated carbocycles. The normalized spacial score (nSPS) is 21.8. The number of aromatic amines is 2. The average Bonchev–Trinajstić information content (AvgIpc) is 2.35. The van der Waals surface area contributed by atoms with E-state index in [-0.39, 0.29) is 5.46 Å². The van der Waals surface area contributed by atoms with Crippen LogP contribution in [0, 0.1) is 0 Å². The van der Waals surface area contributed by atoms with Gasteiger partial charge in [-0.05, 0) is 27.7 Å². The third-order valence-corrected chi connectivity index (χ3v) is 3.36. The molecule has 1 fully saturated rings. The van der Waals surface area contributed by atoms with Gasteiger partial charge in [0.25, 0.3) is 5.56 Å². The van der Waals surface area contributed by atoms with Gasteiger partial charge in [0, 0.05) is 6.20 Å². The highest BCUT2D eigenvalue weighted by atomic mass is 16.7. The SMILES string of the molecule is CC1(C)OB(c2c[nH]c(=O)[nH]c2=O)OC1(C)C. The van der Waals surface area contributed by atoms with Crippen LogP contribution in [0.5, 0.6) is 0 Å². The van der Waals surface area contributed by atoms with E-state index in [4.69, 9.17) is 9.31 Å². The fourth-order valence-corrected chi connectivity index (χ4v) is 1.57. The van der Waals surface area contributed by atoms with Crippen molar-refractivity contribution in [2.45, 2.75) is 38.9 Å². The summed E-state index contributed by atoms with van der Waals surface area (Å²) >= 11 is 0. The molecule has 0 aromatic carbocycles. The van der Waals surface area contributed by atoms with Crippen molar-refractivity contribution in [3.63, 3.8) is 0 Å². The monoisotopic (exact) mass is 238 g/mol. The maximum atomic E-state index is 11.6. The molecule has 0 atom stereocenters. The van der Waals surface area contributed by atoms with Gasteiger partial charge >= 0.3 is 12.8 Å². The largest absolute Gasteiger partial charge is 0.502 e. The van der Waals surface area contributed by atoms with E-state index in [1.807, 2.05) is 27.7 Å². The molecule has 2 rings (SSSR count). The zero-order valence-electron chi connectivity index (χ0n) is 10.3. The Balaban J connectivity index is 2.39. The van der Waals surface area contributed by atoms with E-state index in [1.54, 1.807) is 0 Å². The van der Waals surface area contributed by atoms with E-state index < -0.39 is 29.6 Å². The van der Waals surface area contributed by atoms with Crippen LogP contribution >= 0.6 is 0 Å². The fourth-order valence-electron chi connectivity index (χ4n) is 1.57. The van der Waals surface area contributed by atoms with Gasteiger partial charge in [-0.3, -0.25) is 9.78 Å². The molecule has 2 N–H and O–H groups in total. The maximum absolute atomic E-state index is 11.6. The summed E-state index contributed by atoms with van der Waals surface area (Å²) in [6.45, 7) is 7.58. The maximum Gasteiger partial charge on any atom is 0.502 e. The lowest BCUT2D eigenvalue weighted by molar-refractivity contribution is 0.00578. The van der Waals surface area contributed by atoms with E-state index in [9.17, 15) is 9.59 Å². The number of aromatic nitrogens is 2. The molecular weight excluding hydrogens is 223 g/mol. The molecule has 0 radical (unpaired) electrons. The highest BCUT2D eigenvalue weighted by Gasteiger charge is 2.52. The molecule has 1 aromatic rings. The summed E-state index contributed by atoms with van der Waals surface area (Å²) in [6.07, 6.45) is 1.32. The molecule has 1 aromatic heterocycles. The third-order valence-electron chi connectivity index (χ3n) is 3.36. The van der Waals surface area contributed by atoms with Crippen LogP contribution in [0.2, 0.25) is 0 Å². The molecule has 0 unspecified atom stereocenters. The van der Waals surface area contributed by atoms with Crippen molar-refractivity contribution in [3.8, 4) is 0 Å². The first-order valence-electron chi connectivity index (χ1n) is 5.40. The molecule has 6 nitrogen and oxygen atoms in total. The standard InChI is InChI=1S/C10H15BN2O4/c1-9(2)10(3,4)17-11(16-9)6-5-12-8(15)13-7(6)14/h5H,1-4H3,(H2,12,13,14,15). The van der Waals surface area contributed by atoms with Crippen molar-refractivity contribution >= 4 is 12.6 Å². The summed E-state index contributed by atoms with van der Waals surface area (Å²) < 4.78 is 11.4. The van der Waals surface area contributed by atoms with E-state index in [0.717, 1.165) is 0 Å². The van der Waals surface area contributed by atoms with Crippen LogP contribution in [-0.4, -0.2) is 28.3 Å². The molecular formula is C10H15BN2O4. The number of rotatable bonds is 1. The molecule has 17 heavy (non-hydrogen) atoms. The molecule has 1 saturated heterocycles. The Hall–Kier alpha value is -1.34. The molecule has 2 heterocycles. The Kier molecular flexibility index (Phi) is 2.55. The average molecular weight is 238 g/mol. The predicted octanol–water partition coefficient (Wildman–Crippen LogP) is -0.638. The molecule has 1 aliphatic heterocycles. The van der Waals surface area contributed by atoms with Gasteiger partial charge in [0.05, 0.1) is 16.7 Å². The summed E-state index contributed by atoms with van der Waals surface area (Å²) in [5.74, 6) is 0. The van der Waals surface area contributed by atoms with Crippen LogP contribution in [0.4, 0.5) is 0 Å². The van der Waals surface area contributed by atoms with Crippen LogP contribution in [0.1, 0.15) is 27.7 Å². The number of nitrogens with one attached hydrogen (secondary N) is 2. The first-order chi connectivity index (χ1) is 7.73. The minimum atomic E-state index is -0.763. The van der Waals surface area contributed by atoms with E-state index in [1.165, 1.54) is 6.20 Å². The Morgan fingerprint density at radius 1 is 1.12 bits per heavy atom. The molecule has 0 aliphatic carbocycles. The van der Waals surface area contributed by atoms with Gasteiger partial charge in [-0.25, -0.2) is 4.79 Å². The van der Waals surface area contributed by atoms with Gasteiger partial charge in [-0.2, -0.15) is 0 Å². The highest BCUT2D eigenvalue weighted by molar-refractivity contribution is 6.61. The second-order valence-electron chi connectivity index (χ2n) is 5.12. The summed E-state index contributed by atoms with van der Waals surface area (Å²) in [7, 11) is -0.763. The van der Waals surface area contributed by atoms with Crippen molar-refractivity contribution in [2.24, 2.45) is 0 Å². The van der Waals surface area contributed by atoms with Crippen molar-refractivity contribution in [1.29, 1.82) is 0 Å². The molecule has 7 heteroatoms. The lowest BCUT2D eigenvalue weighted by Gasteiger charge is -2.32. The molecule has 0 amide bonds. The Bertz CT molecular complexity index is 530.